The molecule has 0 unspecified atom stereocenters. The van der Waals surface area contributed by atoms with E-state index in [1.807, 2.05) is 6.92 Å². The van der Waals surface area contributed by atoms with Gasteiger partial charge in [0.25, 0.3) is 5.91 Å². The monoisotopic (exact) mass is 553 g/mol. The van der Waals surface area contributed by atoms with Crippen molar-refractivity contribution in [3.8, 4) is 17.2 Å². The molecule has 1 amide bonds. The van der Waals surface area contributed by atoms with Gasteiger partial charge in [0.15, 0.2) is 11.5 Å². The van der Waals surface area contributed by atoms with E-state index in [1.165, 1.54) is 31.5 Å². The molecule has 3 rings (SSSR count). The summed E-state index contributed by atoms with van der Waals surface area (Å²) in [5.74, 6) is -0.0464. The van der Waals surface area contributed by atoms with Gasteiger partial charge in [-0.1, -0.05) is 31.0 Å². The molecule has 2 N–H and O–H groups in total. The molecule has 0 saturated heterocycles. The van der Waals surface area contributed by atoms with Crippen molar-refractivity contribution in [1.29, 1.82) is 0 Å². The Morgan fingerprint density at radius 1 is 0.974 bits per heavy atom. The molecule has 0 aromatic heterocycles. The van der Waals surface area contributed by atoms with Crippen LogP contribution < -0.4 is 24.4 Å². The van der Waals surface area contributed by atoms with Crippen molar-refractivity contribution in [3.05, 3.63) is 83.4 Å². The van der Waals surface area contributed by atoms with Crippen molar-refractivity contribution in [3.63, 3.8) is 0 Å². The molecule has 11 heteroatoms. The average Bonchev–Trinajstić information content (AvgIpc) is 2.93. The number of nitrogens with one attached hydrogen (secondary N) is 2. The highest BCUT2D eigenvalue weighted by Gasteiger charge is 2.15. The molecular formula is C28H31N3O7S. The molecule has 0 fully saturated rings. The third-order valence-electron chi connectivity index (χ3n) is 5.40. The Bertz CT molecular complexity index is 1400. The topological polar surface area (TPSA) is 132 Å². The second-order valence-corrected chi connectivity index (χ2v) is 10.2. The number of hydrogen-bond acceptors (Lipinski definition) is 8. The number of hydrazone groups is 1. The smallest absolute Gasteiger partial charge is 0.343 e. The van der Waals surface area contributed by atoms with Crippen LogP contribution in [0.3, 0.4) is 0 Å². The van der Waals surface area contributed by atoms with Crippen LogP contribution >= 0.6 is 0 Å². The summed E-state index contributed by atoms with van der Waals surface area (Å²) in [6, 6.07) is 17.7. The number of rotatable bonds is 13. The molecule has 10 nitrogen and oxygen atoms in total. The molecule has 3 aromatic rings. The summed E-state index contributed by atoms with van der Waals surface area (Å²) in [6.45, 7) is 4.05. The Kier molecular flexibility index (Phi) is 10.6. The number of carbonyl (C=O) groups is 2. The molecule has 0 spiro atoms. The van der Waals surface area contributed by atoms with E-state index in [2.05, 4.69) is 22.2 Å². The Balaban J connectivity index is 1.53. The molecule has 0 radical (unpaired) electrons. The fourth-order valence-corrected chi connectivity index (χ4v) is 4.19. The number of nitrogens with zero attached hydrogens (tertiary/aromatic N) is 1. The Morgan fingerprint density at radius 3 is 2.36 bits per heavy atom. The van der Waals surface area contributed by atoms with E-state index < -0.39 is 28.4 Å². The van der Waals surface area contributed by atoms with Gasteiger partial charge in [-0.3, -0.25) is 4.79 Å². The molecule has 0 atom stereocenters. The predicted octanol–water partition coefficient (Wildman–Crippen LogP) is 3.83. The molecule has 0 aliphatic heterocycles. The van der Waals surface area contributed by atoms with Gasteiger partial charge in [0.2, 0.25) is 10.0 Å². The molecule has 0 aliphatic carbocycles. The van der Waals surface area contributed by atoms with E-state index in [0.29, 0.717) is 23.5 Å². The Morgan fingerprint density at radius 2 is 1.69 bits per heavy atom. The number of amides is 1. The average molecular weight is 554 g/mol. The van der Waals surface area contributed by atoms with Gasteiger partial charge < -0.3 is 14.2 Å². The third-order valence-corrected chi connectivity index (χ3v) is 6.82. The fourth-order valence-electron chi connectivity index (χ4n) is 3.21. The van der Waals surface area contributed by atoms with Gasteiger partial charge in [-0.25, -0.2) is 23.4 Å². The minimum atomic E-state index is -3.83. The minimum Gasteiger partial charge on any atom is -0.494 e. The quantitative estimate of drug-likeness (QED) is 0.108. The van der Waals surface area contributed by atoms with Crippen LogP contribution in [0.1, 0.15) is 41.3 Å². The predicted molar refractivity (Wildman–Crippen MR) is 147 cm³/mol. The van der Waals surface area contributed by atoms with Crippen LogP contribution in [-0.2, 0) is 14.8 Å². The van der Waals surface area contributed by atoms with Gasteiger partial charge in [0.1, 0.15) is 5.75 Å². The van der Waals surface area contributed by atoms with E-state index >= 15 is 0 Å². The number of esters is 1. The maximum atomic E-state index is 12.6. The van der Waals surface area contributed by atoms with E-state index in [0.717, 1.165) is 18.4 Å². The summed E-state index contributed by atoms with van der Waals surface area (Å²) in [5, 5.41) is 3.84. The van der Waals surface area contributed by atoms with Gasteiger partial charge in [0, 0.05) is 0 Å². The van der Waals surface area contributed by atoms with E-state index in [9.17, 15) is 18.0 Å². The lowest BCUT2D eigenvalue weighted by Gasteiger charge is -2.10. The standard InChI is InChI=1S/C28H31N3O7S/c1-4-5-16-37-23-11-9-22(10-12-23)28(33)38-25-15-8-21(17-26(25)36-3)18-29-31-27(32)19-30-39(34,35)24-13-6-20(2)7-14-24/h6-15,17-18,30H,4-5,16,19H2,1-3H3,(H,31,32)/b29-18+. The highest BCUT2D eigenvalue weighted by Crippen LogP contribution is 2.28. The second-order valence-electron chi connectivity index (χ2n) is 8.46. The number of carbonyl (C=O) groups excluding carboxylic acids is 2. The lowest BCUT2D eigenvalue weighted by Crippen LogP contribution is -2.34. The van der Waals surface area contributed by atoms with E-state index in [-0.39, 0.29) is 16.4 Å². The molecule has 0 heterocycles. The lowest BCUT2D eigenvalue weighted by atomic mass is 10.2. The zero-order valence-corrected chi connectivity index (χ0v) is 22.8. The lowest BCUT2D eigenvalue weighted by molar-refractivity contribution is -0.119. The molecule has 39 heavy (non-hydrogen) atoms. The largest absolute Gasteiger partial charge is 0.494 e. The zero-order chi connectivity index (χ0) is 28.3. The van der Waals surface area contributed by atoms with Crippen LogP contribution in [0.15, 0.2) is 76.7 Å². The van der Waals surface area contributed by atoms with Crippen LogP contribution in [0, 0.1) is 6.92 Å². The van der Waals surface area contributed by atoms with Crippen molar-refractivity contribution < 1.29 is 32.2 Å². The number of unbranched alkanes of at least 4 members (excludes halogenated alkanes) is 1. The Labute approximate surface area is 228 Å². The van der Waals surface area contributed by atoms with Crippen molar-refractivity contribution >= 4 is 28.1 Å². The van der Waals surface area contributed by atoms with Crippen LogP contribution in [0.4, 0.5) is 0 Å². The van der Waals surface area contributed by atoms with Crippen molar-refractivity contribution in [2.24, 2.45) is 5.10 Å². The first kappa shape index (κ1) is 29.3. The minimum absolute atomic E-state index is 0.0609. The van der Waals surface area contributed by atoms with Crippen molar-refractivity contribution in [2.75, 3.05) is 20.3 Å². The number of aryl methyl sites for hydroxylation is 1. The fraction of sp³-hybridized carbons (Fsp3) is 0.250. The number of hydrogen-bond donors (Lipinski definition) is 2. The zero-order valence-electron chi connectivity index (χ0n) is 22.0. The first-order valence-corrected chi connectivity index (χ1v) is 13.7. The van der Waals surface area contributed by atoms with Gasteiger partial charge in [-0.05, 0) is 73.5 Å². The molecule has 3 aromatic carbocycles. The van der Waals surface area contributed by atoms with Gasteiger partial charge in [-0.15, -0.1) is 0 Å². The SMILES string of the molecule is CCCCOc1ccc(C(=O)Oc2ccc(/C=N/NC(=O)CNS(=O)(=O)c3ccc(C)cc3)cc2OC)cc1. The molecule has 206 valence electrons. The first-order valence-electron chi connectivity index (χ1n) is 12.2. The molecule has 0 aliphatic rings. The molecule has 0 saturated carbocycles. The third kappa shape index (κ3) is 8.94. The summed E-state index contributed by atoms with van der Waals surface area (Å²) >= 11 is 0. The maximum absolute atomic E-state index is 12.6. The number of benzene rings is 3. The normalized spacial score (nSPS) is 11.3. The summed E-state index contributed by atoms with van der Waals surface area (Å²) in [6.07, 6.45) is 3.33. The summed E-state index contributed by atoms with van der Waals surface area (Å²) in [7, 11) is -2.40. The first-order chi connectivity index (χ1) is 18.7. The van der Waals surface area contributed by atoms with E-state index in [1.54, 1.807) is 48.5 Å². The van der Waals surface area contributed by atoms with Crippen LogP contribution in [0.2, 0.25) is 0 Å². The van der Waals surface area contributed by atoms with Crippen LogP contribution in [0.25, 0.3) is 0 Å². The number of ether oxygens (including phenoxy) is 3. The van der Waals surface area contributed by atoms with Gasteiger partial charge in [-0.2, -0.15) is 5.10 Å². The van der Waals surface area contributed by atoms with Crippen LogP contribution in [-0.4, -0.2) is 46.8 Å². The number of methoxy groups -OCH3 is 1. The highest BCUT2D eigenvalue weighted by molar-refractivity contribution is 7.89. The molecular weight excluding hydrogens is 522 g/mol. The molecule has 0 bridgehead atoms. The second kappa shape index (κ2) is 14.1. The van der Waals surface area contributed by atoms with Crippen LogP contribution in [0.5, 0.6) is 17.2 Å². The van der Waals surface area contributed by atoms with Crippen molar-refractivity contribution in [1.82, 2.24) is 10.1 Å². The summed E-state index contributed by atoms with van der Waals surface area (Å²) < 4.78 is 43.2. The summed E-state index contributed by atoms with van der Waals surface area (Å²) in [5.41, 5.74) is 4.07. The highest BCUT2D eigenvalue weighted by atomic mass is 32.2. The van der Waals surface area contributed by atoms with E-state index in [4.69, 9.17) is 14.2 Å². The Hall–Kier alpha value is -4.22. The van der Waals surface area contributed by atoms with Gasteiger partial charge in [0.05, 0.1) is 36.9 Å². The number of sulfonamides is 1. The maximum Gasteiger partial charge on any atom is 0.343 e. The van der Waals surface area contributed by atoms with Crippen molar-refractivity contribution in [2.45, 2.75) is 31.6 Å². The van der Waals surface area contributed by atoms with Gasteiger partial charge >= 0.3 is 5.97 Å². The summed E-state index contributed by atoms with van der Waals surface area (Å²) in [4.78, 5) is 24.7.